The van der Waals surface area contributed by atoms with Crippen LogP contribution >= 0.6 is 15.9 Å². The summed E-state index contributed by atoms with van der Waals surface area (Å²) in [6, 6.07) is 8.44. The van der Waals surface area contributed by atoms with E-state index in [4.69, 9.17) is 0 Å². The molecule has 2 aliphatic rings. The average Bonchev–Trinajstić information content (AvgIpc) is 2.70. The number of alkyl halides is 1. The van der Waals surface area contributed by atoms with Gasteiger partial charge in [0.15, 0.2) is 5.83 Å². The first-order valence-electron chi connectivity index (χ1n) is 6.48. The normalized spacial score (nSPS) is 26.5. The Morgan fingerprint density at radius 2 is 1.96 bits per heavy atom. The smallest absolute Gasteiger partial charge is 0.289 e. The van der Waals surface area contributed by atoms with E-state index in [1.165, 1.54) is 0 Å². The lowest BCUT2D eigenvalue weighted by Gasteiger charge is -2.21. The van der Waals surface area contributed by atoms with Gasteiger partial charge >= 0.3 is 5.70 Å². The van der Waals surface area contributed by atoms with E-state index in [-0.39, 0.29) is 0 Å². The average molecular weight is 382 g/mol. The van der Waals surface area contributed by atoms with Crippen molar-refractivity contribution < 1.29 is 18.9 Å². The summed E-state index contributed by atoms with van der Waals surface area (Å²) in [6.07, 6.45) is 1.62. The summed E-state index contributed by atoms with van der Waals surface area (Å²) in [5.41, 5.74) is 2.27. The first kappa shape index (κ1) is 15.3. The van der Waals surface area contributed by atoms with Crippen LogP contribution in [0.5, 0.6) is 0 Å². The number of hydrogen-bond donors (Lipinski definition) is 1. The number of anilines is 1. The fourth-order valence-corrected chi connectivity index (χ4v) is 3.18. The molecule has 1 fully saturated rings. The van der Waals surface area contributed by atoms with Gasteiger partial charge in [-0.25, -0.2) is 0 Å². The van der Waals surface area contributed by atoms with Crippen LogP contribution in [0.15, 0.2) is 54.0 Å². The summed E-state index contributed by atoms with van der Waals surface area (Å²) in [5.74, 6) is -3.79. The van der Waals surface area contributed by atoms with Crippen molar-refractivity contribution in [2.45, 2.75) is 4.32 Å². The Morgan fingerprint density at radius 3 is 2.57 bits per heavy atom. The maximum Gasteiger partial charge on any atom is 0.302 e. The topological polar surface area (TPSA) is 92.5 Å². The second kappa shape index (κ2) is 5.27. The number of para-hydroxylation sites is 1. The van der Waals surface area contributed by atoms with Crippen LogP contribution in [0.4, 0.5) is 10.1 Å². The number of hydrogen-bond acceptors (Lipinski definition) is 5. The monoisotopic (exact) mass is 381 g/mol. The molecule has 1 heterocycles. The van der Waals surface area contributed by atoms with E-state index in [2.05, 4.69) is 21.4 Å². The molecule has 2 unspecified atom stereocenters. The SMILES string of the molecule is O=C1C2C=C(F)C([N+](=O)[O-])=CC2(Br)C(=O)N1Nc1ccccc1. The van der Waals surface area contributed by atoms with E-state index < -0.39 is 38.5 Å². The van der Waals surface area contributed by atoms with Crippen molar-refractivity contribution in [3.63, 3.8) is 0 Å². The number of carbonyl (C=O) groups is 2. The molecule has 0 radical (unpaired) electrons. The number of benzene rings is 1. The largest absolute Gasteiger partial charge is 0.302 e. The van der Waals surface area contributed by atoms with Gasteiger partial charge < -0.3 is 0 Å². The van der Waals surface area contributed by atoms with E-state index in [9.17, 15) is 24.1 Å². The molecule has 0 bridgehead atoms. The van der Waals surface area contributed by atoms with Crippen molar-refractivity contribution in [1.82, 2.24) is 5.01 Å². The molecule has 1 aromatic rings. The zero-order chi connectivity index (χ0) is 16.8. The highest BCUT2D eigenvalue weighted by Gasteiger charge is 2.60. The van der Waals surface area contributed by atoms with Crippen molar-refractivity contribution in [1.29, 1.82) is 0 Å². The maximum absolute atomic E-state index is 13.8. The van der Waals surface area contributed by atoms with Crippen LogP contribution in [-0.2, 0) is 9.59 Å². The van der Waals surface area contributed by atoms with Gasteiger partial charge in [-0.15, -0.1) is 0 Å². The van der Waals surface area contributed by atoms with Crippen LogP contribution in [0.25, 0.3) is 0 Å². The van der Waals surface area contributed by atoms with E-state index in [1.54, 1.807) is 30.3 Å². The number of nitro groups is 1. The van der Waals surface area contributed by atoms with Crippen molar-refractivity contribution in [3.05, 3.63) is 64.1 Å². The Balaban J connectivity index is 1.99. The Morgan fingerprint density at radius 1 is 1.30 bits per heavy atom. The molecule has 1 aliphatic heterocycles. The second-order valence-electron chi connectivity index (χ2n) is 5.00. The number of rotatable bonds is 3. The molecule has 1 aromatic carbocycles. The van der Waals surface area contributed by atoms with Gasteiger partial charge in [0.1, 0.15) is 4.32 Å². The van der Waals surface area contributed by atoms with Gasteiger partial charge in [0.25, 0.3) is 11.8 Å². The number of carbonyl (C=O) groups excluding carboxylic acids is 2. The molecular formula is C14H9BrFN3O4. The third-order valence-corrected chi connectivity index (χ3v) is 4.65. The molecule has 2 amide bonds. The van der Waals surface area contributed by atoms with Gasteiger partial charge in [0.2, 0.25) is 0 Å². The molecule has 118 valence electrons. The number of halogens is 2. The highest BCUT2D eigenvalue weighted by Crippen LogP contribution is 2.45. The summed E-state index contributed by atoms with van der Waals surface area (Å²) in [6.45, 7) is 0. The zero-order valence-electron chi connectivity index (χ0n) is 11.4. The summed E-state index contributed by atoms with van der Waals surface area (Å²) in [7, 11) is 0. The van der Waals surface area contributed by atoms with Gasteiger partial charge in [-0.3, -0.25) is 25.1 Å². The van der Waals surface area contributed by atoms with Crippen LogP contribution < -0.4 is 5.43 Å². The Labute approximate surface area is 137 Å². The number of imide groups is 1. The molecule has 1 aliphatic carbocycles. The molecule has 0 aromatic heterocycles. The standard InChI is InChI=1S/C14H9BrFN3O4/c15-14-7-11(19(22)23)10(16)6-9(14)12(20)18(13(14)21)17-8-4-2-1-3-5-8/h1-7,9,17H. The first-order chi connectivity index (χ1) is 10.8. The molecule has 0 saturated carbocycles. The number of fused-ring (bicyclic) bond motifs is 1. The van der Waals surface area contributed by atoms with Crippen molar-refractivity contribution >= 4 is 33.4 Å². The van der Waals surface area contributed by atoms with E-state index in [0.717, 1.165) is 17.2 Å². The van der Waals surface area contributed by atoms with E-state index >= 15 is 0 Å². The third-order valence-electron chi connectivity index (χ3n) is 3.59. The van der Waals surface area contributed by atoms with Gasteiger partial charge in [0, 0.05) is 6.08 Å². The van der Waals surface area contributed by atoms with E-state index in [1.807, 2.05) is 0 Å². The van der Waals surface area contributed by atoms with Crippen LogP contribution in [0.3, 0.4) is 0 Å². The lowest BCUT2D eigenvalue weighted by molar-refractivity contribution is -0.423. The number of allylic oxidation sites excluding steroid dienone is 1. The Bertz CT molecular complexity index is 779. The highest BCUT2D eigenvalue weighted by molar-refractivity contribution is 9.10. The fraction of sp³-hybridized carbons (Fsp3) is 0.143. The van der Waals surface area contributed by atoms with Crippen LogP contribution in [0.2, 0.25) is 0 Å². The second-order valence-corrected chi connectivity index (χ2v) is 6.32. The molecule has 7 nitrogen and oxygen atoms in total. The lowest BCUT2D eigenvalue weighted by Crippen LogP contribution is -2.40. The van der Waals surface area contributed by atoms with Crippen molar-refractivity contribution in [2.24, 2.45) is 5.92 Å². The van der Waals surface area contributed by atoms with E-state index in [0.29, 0.717) is 5.69 Å². The lowest BCUT2D eigenvalue weighted by atomic mass is 9.89. The Hall–Kier alpha value is -2.55. The van der Waals surface area contributed by atoms with Gasteiger partial charge in [-0.05, 0) is 18.2 Å². The summed E-state index contributed by atoms with van der Waals surface area (Å²) >= 11 is 3.07. The van der Waals surface area contributed by atoms with Crippen LogP contribution in [0.1, 0.15) is 0 Å². The fourth-order valence-electron chi connectivity index (χ4n) is 2.45. The molecule has 1 saturated heterocycles. The quantitative estimate of drug-likeness (QED) is 0.374. The molecule has 9 heteroatoms. The van der Waals surface area contributed by atoms with Crippen molar-refractivity contribution in [2.75, 3.05) is 5.43 Å². The van der Waals surface area contributed by atoms with Crippen molar-refractivity contribution in [3.8, 4) is 0 Å². The number of nitrogens with one attached hydrogen (secondary N) is 1. The molecule has 23 heavy (non-hydrogen) atoms. The highest BCUT2D eigenvalue weighted by atomic mass is 79.9. The zero-order valence-corrected chi connectivity index (χ0v) is 13.0. The molecule has 0 spiro atoms. The number of nitrogens with zero attached hydrogens (tertiary/aromatic N) is 2. The molecule has 3 rings (SSSR count). The third kappa shape index (κ3) is 2.33. The molecule has 1 N–H and O–H groups in total. The predicted molar refractivity (Wildman–Crippen MR) is 81.3 cm³/mol. The van der Waals surface area contributed by atoms with Gasteiger partial charge in [-0.2, -0.15) is 9.40 Å². The number of hydrazine groups is 1. The van der Waals surface area contributed by atoms with Gasteiger partial charge in [0.05, 0.1) is 16.5 Å². The van der Waals surface area contributed by atoms with Crippen LogP contribution in [0, 0.1) is 16.0 Å². The molecule has 2 atom stereocenters. The Kier molecular flexibility index (Phi) is 3.52. The summed E-state index contributed by atoms with van der Waals surface area (Å²) < 4.78 is 12.1. The predicted octanol–water partition coefficient (Wildman–Crippen LogP) is 2.16. The maximum atomic E-state index is 13.8. The first-order valence-corrected chi connectivity index (χ1v) is 7.28. The summed E-state index contributed by atoms with van der Waals surface area (Å²) in [5, 5.41) is 11.6. The minimum absolute atomic E-state index is 0.479. The minimum atomic E-state index is -1.68. The van der Waals surface area contributed by atoms with Crippen LogP contribution in [-0.4, -0.2) is 26.1 Å². The number of amides is 2. The minimum Gasteiger partial charge on any atom is -0.289 e. The summed E-state index contributed by atoms with van der Waals surface area (Å²) in [4.78, 5) is 34.8. The van der Waals surface area contributed by atoms with Gasteiger partial charge in [-0.1, -0.05) is 34.1 Å². The molecular weight excluding hydrogens is 373 g/mol.